The van der Waals surface area contributed by atoms with Gasteiger partial charge in [0.15, 0.2) is 5.78 Å². The first-order valence-corrected chi connectivity index (χ1v) is 11.3. The highest BCUT2D eigenvalue weighted by molar-refractivity contribution is 5.83. The van der Waals surface area contributed by atoms with Crippen molar-refractivity contribution in [3.63, 3.8) is 0 Å². The van der Waals surface area contributed by atoms with Crippen molar-refractivity contribution in [2.45, 2.75) is 63.1 Å². The fourth-order valence-corrected chi connectivity index (χ4v) is 3.64. The molecule has 2 rings (SSSR count). The first-order chi connectivity index (χ1) is 15.4. The maximum Gasteiger partial charge on any atom is 0.162 e. The highest BCUT2D eigenvalue weighted by atomic mass is 19.1. The second kappa shape index (κ2) is 14.1. The molecule has 5 nitrogen and oxygen atoms in total. The van der Waals surface area contributed by atoms with Crippen LogP contribution in [-0.2, 0) is 17.6 Å². The normalized spacial score (nSPS) is 14.2. The number of benzene rings is 2. The number of halogens is 2. The molecule has 2 aromatic carbocycles. The van der Waals surface area contributed by atoms with E-state index >= 15 is 0 Å². The summed E-state index contributed by atoms with van der Waals surface area (Å²) < 4.78 is 26.9. The quantitative estimate of drug-likeness (QED) is 0.315. The summed E-state index contributed by atoms with van der Waals surface area (Å²) in [5.41, 5.74) is 13.3. The molecular weight excluding hydrogens is 412 g/mol. The van der Waals surface area contributed by atoms with Crippen LogP contribution in [0.3, 0.4) is 0 Å². The summed E-state index contributed by atoms with van der Waals surface area (Å²) in [5, 5.41) is 13.4. The SMILES string of the molecule is NC(CCCCNCCCC(=O)C(O)C(N)Cc1ccccc1)Cc1cc(F)ccc1F. The number of ketones is 1. The third kappa shape index (κ3) is 9.53. The van der Waals surface area contributed by atoms with E-state index < -0.39 is 23.8 Å². The highest BCUT2D eigenvalue weighted by Crippen LogP contribution is 2.13. The van der Waals surface area contributed by atoms with Crippen molar-refractivity contribution in [3.05, 3.63) is 71.3 Å². The molecule has 0 radical (unpaired) electrons. The zero-order chi connectivity index (χ0) is 23.3. The number of aliphatic hydroxyl groups is 1. The predicted molar refractivity (Wildman–Crippen MR) is 123 cm³/mol. The van der Waals surface area contributed by atoms with Crippen LogP contribution in [0.5, 0.6) is 0 Å². The Morgan fingerprint density at radius 2 is 1.69 bits per heavy atom. The van der Waals surface area contributed by atoms with E-state index in [0.717, 1.165) is 43.5 Å². The molecule has 0 aliphatic heterocycles. The lowest BCUT2D eigenvalue weighted by Gasteiger charge is -2.18. The Hall–Kier alpha value is -2.19. The molecule has 0 aliphatic carbocycles. The minimum atomic E-state index is -1.15. The monoisotopic (exact) mass is 447 g/mol. The Morgan fingerprint density at radius 3 is 2.44 bits per heavy atom. The van der Waals surface area contributed by atoms with Gasteiger partial charge in [-0.15, -0.1) is 0 Å². The molecule has 0 amide bonds. The molecule has 0 fully saturated rings. The van der Waals surface area contributed by atoms with Gasteiger partial charge in [-0.3, -0.25) is 4.79 Å². The van der Waals surface area contributed by atoms with Gasteiger partial charge in [0.2, 0.25) is 0 Å². The number of nitrogens with one attached hydrogen (secondary N) is 1. The van der Waals surface area contributed by atoms with Gasteiger partial charge in [0.25, 0.3) is 0 Å². The highest BCUT2D eigenvalue weighted by Gasteiger charge is 2.22. The number of hydrogen-bond acceptors (Lipinski definition) is 5. The van der Waals surface area contributed by atoms with E-state index in [2.05, 4.69) is 5.32 Å². The standard InChI is InChI=1S/C25H35F2N3O2/c26-20-11-12-22(27)19(16-20)17-21(28)9-4-5-13-30-14-6-10-24(31)25(32)23(29)15-18-7-2-1-3-8-18/h1-3,7-8,11-12,16,21,23,25,30,32H,4-6,9-10,13-15,17,28-29H2. The molecule has 0 aromatic heterocycles. The van der Waals surface area contributed by atoms with Gasteiger partial charge in [0, 0.05) is 18.5 Å². The van der Waals surface area contributed by atoms with Crippen LogP contribution >= 0.6 is 0 Å². The third-order valence-corrected chi connectivity index (χ3v) is 5.49. The van der Waals surface area contributed by atoms with Crippen LogP contribution in [0, 0.1) is 11.6 Å². The molecule has 0 bridgehead atoms. The van der Waals surface area contributed by atoms with E-state index in [9.17, 15) is 18.7 Å². The van der Waals surface area contributed by atoms with Crippen LogP contribution in [0.25, 0.3) is 0 Å². The number of carbonyl (C=O) groups excluding carboxylic acids is 1. The third-order valence-electron chi connectivity index (χ3n) is 5.49. The van der Waals surface area contributed by atoms with Gasteiger partial charge in [-0.2, -0.15) is 0 Å². The summed E-state index contributed by atoms with van der Waals surface area (Å²) in [5.74, 6) is -1.11. The number of aliphatic hydroxyl groups excluding tert-OH is 1. The van der Waals surface area contributed by atoms with E-state index in [1.807, 2.05) is 30.3 Å². The minimum Gasteiger partial charge on any atom is -0.384 e. The van der Waals surface area contributed by atoms with Gasteiger partial charge < -0.3 is 21.9 Å². The molecular formula is C25H35F2N3O2. The lowest BCUT2D eigenvalue weighted by Crippen LogP contribution is -2.42. The average molecular weight is 448 g/mol. The maximum absolute atomic E-state index is 13.7. The number of nitrogens with two attached hydrogens (primary N) is 2. The topological polar surface area (TPSA) is 101 Å². The first kappa shape index (κ1) is 26.1. The summed E-state index contributed by atoms with van der Waals surface area (Å²) in [4.78, 5) is 12.2. The fraction of sp³-hybridized carbons (Fsp3) is 0.480. The molecule has 176 valence electrons. The Morgan fingerprint density at radius 1 is 0.969 bits per heavy atom. The van der Waals surface area contributed by atoms with Crippen LogP contribution in [-0.4, -0.2) is 42.2 Å². The lowest BCUT2D eigenvalue weighted by atomic mass is 9.97. The molecule has 6 N–H and O–H groups in total. The summed E-state index contributed by atoms with van der Waals surface area (Å²) in [6.45, 7) is 1.46. The van der Waals surface area contributed by atoms with Gasteiger partial charge in [0.1, 0.15) is 17.7 Å². The van der Waals surface area contributed by atoms with Gasteiger partial charge in [-0.05, 0) is 74.5 Å². The largest absolute Gasteiger partial charge is 0.384 e. The fourth-order valence-electron chi connectivity index (χ4n) is 3.64. The van der Waals surface area contributed by atoms with Gasteiger partial charge >= 0.3 is 0 Å². The van der Waals surface area contributed by atoms with Crippen LogP contribution in [0.1, 0.15) is 43.2 Å². The Kier molecular flexibility index (Phi) is 11.5. The minimum absolute atomic E-state index is 0.217. The van der Waals surface area contributed by atoms with Crippen LogP contribution in [0.2, 0.25) is 0 Å². The molecule has 3 atom stereocenters. The molecule has 7 heteroatoms. The van der Waals surface area contributed by atoms with E-state index in [4.69, 9.17) is 11.5 Å². The van der Waals surface area contributed by atoms with Crippen LogP contribution in [0.4, 0.5) is 8.78 Å². The van der Waals surface area contributed by atoms with E-state index in [1.165, 1.54) is 6.07 Å². The molecule has 0 saturated heterocycles. The second-order valence-corrected chi connectivity index (χ2v) is 8.31. The summed E-state index contributed by atoms with van der Waals surface area (Å²) >= 11 is 0. The number of unbranched alkanes of at least 4 members (excludes halogenated alkanes) is 1. The van der Waals surface area contributed by atoms with Crippen LogP contribution in [0.15, 0.2) is 48.5 Å². The Balaban J connectivity index is 1.51. The van der Waals surface area contributed by atoms with Crippen molar-refractivity contribution >= 4 is 5.78 Å². The molecule has 32 heavy (non-hydrogen) atoms. The smallest absolute Gasteiger partial charge is 0.162 e. The van der Waals surface area contributed by atoms with Gasteiger partial charge in [-0.25, -0.2) is 8.78 Å². The predicted octanol–water partition coefficient (Wildman–Crippen LogP) is 2.87. The van der Waals surface area contributed by atoms with Crippen molar-refractivity contribution in [1.82, 2.24) is 5.32 Å². The molecule has 0 aliphatic rings. The average Bonchev–Trinajstić information content (AvgIpc) is 2.78. The van der Waals surface area contributed by atoms with Crippen molar-refractivity contribution in [3.8, 4) is 0 Å². The van der Waals surface area contributed by atoms with E-state index in [-0.39, 0.29) is 18.2 Å². The summed E-state index contributed by atoms with van der Waals surface area (Å²) in [7, 11) is 0. The summed E-state index contributed by atoms with van der Waals surface area (Å²) in [6.07, 6.45) is 3.02. The zero-order valence-electron chi connectivity index (χ0n) is 18.5. The maximum atomic E-state index is 13.7. The number of Topliss-reactive ketones (excluding diaryl/α,β-unsaturated/α-hetero) is 1. The van der Waals surface area contributed by atoms with Gasteiger partial charge in [0.05, 0.1) is 0 Å². The molecule has 3 unspecified atom stereocenters. The Labute approximate surface area is 189 Å². The first-order valence-electron chi connectivity index (χ1n) is 11.3. The van der Waals surface area contributed by atoms with Crippen molar-refractivity contribution < 1.29 is 18.7 Å². The van der Waals surface area contributed by atoms with Crippen LogP contribution < -0.4 is 16.8 Å². The zero-order valence-corrected chi connectivity index (χ0v) is 18.5. The molecule has 0 heterocycles. The summed E-state index contributed by atoms with van der Waals surface area (Å²) in [6, 6.07) is 12.2. The van der Waals surface area contributed by atoms with E-state index in [1.54, 1.807) is 0 Å². The van der Waals surface area contributed by atoms with Crippen molar-refractivity contribution in [1.29, 1.82) is 0 Å². The second-order valence-electron chi connectivity index (χ2n) is 8.31. The van der Waals surface area contributed by atoms with Crippen molar-refractivity contribution in [2.75, 3.05) is 13.1 Å². The Bertz CT molecular complexity index is 820. The number of hydrogen-bond donors (Lipinski definition) is 4. The molecule has 0 saturated carbocycles. The lowest BCUT2D eigenvalue weighted by molar-refractivity contribution is -0.128. The molecule has 2 aromatic rings. The molecule has 0 spiro atoms. The number of carbonyl (C=O) groups is 1. The van der Waals surface area contributed by atoms with E-state index in [0.29, 0.717) is 31.4 Å². The van der Waals surface area contributed by atoms with Crippen molar-refractivity contribution in [2.24, 2.45) is 11.5 Å². The number of rotatable bonds is 15. The van der Waals surface area contributed by atoms with Gasteiger partial charge in [-0.1, -0.05) is 36.8 Å².